The molecule has 1 unspecified atom stereocenters. The Hall–Kier alpha value is -0.830. The lowest BCUT2D eigenvalue weighted by molar-refractivity contribution is 0.394. The van der Waals surface area contributed by atoms with Gasteiger partial charge >= 0.3 is 0 Å². The van der Waals surface area contributed by atoms with Gasteiger partial charge in [0.15, 0.2) is 0 Å². The number of rotatable bonds is 4. The summed E-state index contributed by atoms with van der Waals surface area (Å²) >= 11 is 5.97. The van der Waals surface area contributed by atoms with E-state index < -0.39 is 0 Å². The van der Waals surface area contributed by atoms with E-state index in [1.54, 1.807) is 19.4 Å². The summed E-state index contributed by atoms with van der Waals surface area (Å²) < 4.78 is 4.98. The molecule has 4 heteroatoms. The molecule has 0 N–H and O–H groups in total. The summed E-state index contributed by atoms with van der Waals surface area (Å²) in [5.74, 6) is 1.33. The van der Waals surface area contributed by atoms with E-state index in [1.165, 1.54) is 0 Å². The zero-order valence-electron chi connectivity index (χ0n) is 7.83. The SMILES string of the molecule is CCC(Cl)Cc1nccc(OC)n1. The molecular formula is C9H13ClN2O. The van der Waals surface area contributed by atoms with Crippen LogP contribution in [-0.4, -0.2) is 22.5 Å². The number of methoxy groups -OCH3 is 1. The molecule has 0 bridgehead atoms. The van der Waals surface area contributed by atoms with Gasteiger partial charge in [-0.25, -0.2) is 4.98 Å². The smallest absolute Gasteiger partial charge is 0.216 e. The Kier molecular flexibility index (Phi) is 3.96. The van der Waals surface area contributed by atoms with Crippen molar-refractivity contribution in [3.63, 3.8) is 0 Å². The molecule has 0 fully saturated rings. The minimum Gasteiger partial charge on any atom is -0.481 e. The third-order valence-corrected chi connectivity index (χ3v) is 2.20. The maximum absolute atomic E-state index is 5.97. The molecule has 72 valence electrons. The number of hydrogen-bond donors (Lipinski definition) is 0. The first-order valence-electron chi connectivity index (χ1n) is 4.26. The van der Waals surface area contributed by atoms with Gasteiger partial charge in [0, 0.05) is 24.1 Å². The van der Waals surface area contributed by atoms with E-state index in [0.29, 0.717) is 12.3 Å². The average Bonchev–Trinajstić information content (AvgIpc) is 2.18. The van der Waals surface area contributed by atoms with Gasteiger partial charge in [-0.05, 0) is 6.42 Å². The highest BCUT2D eigenvalue weighted by Gasteiger charge is 2.06. The first-order valence-corrected chi connectivity index (χ1v) is 4.70. The molecule has 1 aromatic heterocycles. The molecule has 0 aliphatic rings. The van der Waals surface area contributed by atoms with Gasteiger partial charge in [0.2, 0.25) is 5.88 Å². The predicted octanol–water partition coefficient (Wildman–Crippen LogP) is 2.05. The summed E-state index contributed by atoms with van der Waals surface area (Å²) in [5.41, 5.74) is 0. The van der Waals surface area contributed by atoms with Crippen molar-refractivity contribution in [3.05, 3.63) is 18.1 Å². The van der Waals surface area contributed by atoms with E-state index in [0.717, 1.165) is 12.2 Å². The van der Waals surface area contributed by atoms with E-state index in [4.69, 9.17) is 16.3 Å². The summed E-state index contributed by atoms with van der Waals surface area (Å²) in [7, 11) is 1.59. The zero-order valence-corrected chi connectivity index (χ0v) is 8.58. The number of aromatic nitrogens is 2. The van der Waals surface area contributed by atoms with Crippen LogP contribution in [0.1, 0.15) is 19.2 Å². The zero-order chi connectivity index (χ0) is 9.68. The fraction of sp³-hybridized carbons (Fsp3) is 0.556. The molecule has 0 aromatic carbocycles. The van der Waals surface area contributed by atoms with Crippen molar-refractivity contribution in [2.75, 3.05) is 7.11 Å². The Bertz CT molecular complexity index is 268. The number of ether oxygens (including phenoxy) is 1. The van der Waals surface area contributed by atoms with Gasteiger partial charge in [-0.15, -0.1) is 11.6 Å². The first-order chi connectivity index (χ1) is 6.26. The van der Waals surface area contributed by atoms with E-state index in [9.17, 15) is 0 Å². The van der Waals surface area contributed by atoms with E-state index >= 15 is 0 Å². The molecule has 1 rings (SSSR count). The van der Waals surface area contributed by atoms with Crippen LogP contribution in [-0.2, 0) is 6.42 Å². The second-order valence-electron chi connectivity index (χ2n) is 2.72. The van der Waals surface area contributed by atoms with Gasteiger partial charge in [-0.3, -0.25) is 0 Å². The Labute approximate surface area is 83.1 Å². The lowest BCUT2D eigenvalue weighted by Gasteiger charge is -2.05. The van der Waals surface area contributed by atoms with Gasteiger partial charge in [-0.2, -0.15) is 4.98 Å². The molecule has 0 saturated heterocycles. The number of alkyl halides is 1. The maximum atomic E-state index is 5.97. The number of halogens is 1. The molecule has 0 saturated carbocycles. The van der Waals surface area contributed by atoms with Crippen molar-refractivity contribution >= 4 is 11.6 Å². The molecule has 1 atom stereocenters. The van der Waals surface area contributed by atoms with E-state index in [2.05, 4.69) is 9.97 Å². The van der Waals surface area contributed by atoms with Crippen molar-refractivity contribution in [2.45, 2.75) is 25.1 Å². The van der Waals surface area contributed by atoms with Crippen molar-refractivity contribution < 1.29 is 4.74 Å². The molecule has 0 aliphatic heterocycles. The molecule has 0 amide bonds. The summed E-state index contributed by atoms with van der Waals surface area (Å²) in [5, 5.41) is 0.104. The van der Waals surface area contributed by atoms with E-state index in [1.807, 2.05) is 6.92 Å². The first kappa shape index (κ1) is 10.3. The Morgan fingerprint density at radius 2 is 2.38 bits per heavy atom. The van der Waals surface area contributed by atoms with Crippen LogP contribution in [0.4, 0.5) is 0 Å². The van der Waals surface area contributed by atoms with Crippen LogP contribution < -0.4 is 4.74 Å². The van der Waals surface area contributed by atoms with Crippen LogP contribution in [0.5, 0.6) is 5.88 Å². The molecule has 3 nitrogen and oxygen atoms in total. The highest BCUT2D eigenvalue weighted by molar-refractivity contribution is 6.20. The fourth-order valence-electron chi connectivity index (χ4n) is 0.935. The summed E-state index contributed by atoms with van der Waals surface area (Å²) in [4.78, 5) is 8.26. The highest BCUT2D eigenvalue weighted by Crippen LogP contribution is 2.10. The largest absolute Gasteiger partial charge is 0.481 e. The summed E-state index contributed by atoms with van der Waals surface area (Å²) in [6.45, 7) is 2.04. The van der Waals surface area contributed by atoms with Gasteiger partial charge in [-0.1, -0.05) is 6.92 Å². The topological polar surface area (TPSA) is 35.0 Å². The van der Waals surface area contributed by atoms with Crippen molar-refractivity contribution in [1.29, 1.82) is 0 Å². The highest BCUT2D eigenvalue weighted by atomic mass is 35.5. The molecule has 1 heterocycles. The number of nitrogens with zero attached hydrogens (tertiary/aromatic N) is 2. The van der Waals surface area contributed by atoms with Crippen LogP contribution in [0.25, 0.3) is 0 Å². The Morgan fingerprint density at radius 3 is 3.00 bits per heavy atom. The average molecular weight is 201 g/mol. The van der Waals surface area contributed by atoms with Gasteiger partial charge < -0.3 is 4.74 Å². The third-order valence-electron chi connectivity index (χ3n) is 1.74. The van der Waals surface area contributed by atoms with Gasteiger partial charge in [0.05, 0.1) is 7.11 Å². The van der Waals surface area contributed by atoms with E-state index in [-0.39, 0.29) is 5.38 Å². The van der Waals surface area contributed by atoms with Crippen LogP contribution in [0, 0.1) is 0 Å². The van der Waals surface area contributed by atoms with Crippen LogP contribution >= 0.6 is 11.6 Å². The quantitative estimate of drug-likeness (QED) is 0.698. The minimum absolute atomic E-state index is 0.104. The third kappa shape index (κ3) is 3.19. The molecular weight excluding hydrogens is 188 g/mol. The van der Waals surface area contributed by atoms with Gasteiger partial charge in [0.1, 0.15) is 5.82 Å². The van der Waals surface area contributed by atoms with Crippen molar-refractivity contribution in [2.24, 2.45) is 0 Å². The van der Waals surface area contributed by atoms with Crippen molar-refractivity contribution in [1.82, 2.24) is 9.97 Å². The molecule has 0 radical (unpaired) electrons. The summed E-state index contributed by atoms with van der Waals surface area (Å²) in [6, 6.07) is 1.72. The van der Waals surface area contributed by atoms with Crippen LogP contribution in [0.15, 0.2) is 12.3 Å². The van der Waals surface area contributed by atoms with Gasteiger partial charge in [0.25, 0.3) is 0 Å². The van der Waals surface area contributed by atoms with Crippen LogP contribution in [0.3, 0.4) is 0 Å². The number of hydrogen-bond acceptors (Lipinski definition) is 3. The summed E-state index contributed by atoms with van der Waals surface area (Å²) in [6.07, 6.45) is 3.29. The van der Waals surface area contributed by atoms with Crippen molar-refractivity contribution in [3.8, 4) is 5.88 Å². The Morgan fingerprint density at radius 1 is 1.62 bits per heavy atom. The predicted molar refractivity (Wildman–Crippen MR) is 52.2 cm³/mol. The molecule has 1 aromatic rings. The minimum atomic E-state index is 0.104. The second kappa shape index (κ2) is 5.02. The standard InChI is InChI=1S/C9H13ClN2O/c1-3-7(10)6-8-11-5-4-9(12-8)13-2/h4-5,7H,3,6H2,1-2H3. The lowest BCUT2D eigenvalue weighted by atomic mass is 10.2. The molecule has 0 aliphatic carbocycles. The second-order valence-corrected chi connectivity index (χ2v) is 3.34. The lowest BCUT2D eigenvalue weighted by Crippen LogP contribution is -2.05. The Balaban J connectivity index is 2.66. The molecule has 0 spiro atoms. The van der Waals surface area contributed by atoms with Crippen LogP contribution in [0.2, 0.25) is 0 Å². The monoisotopic (exact) mass is 200 g/mol. The normalized spacial score (nSPS) is 12.5. The fourth-order valence-corrected chi connectivity index (χ4v) is 1.07. The maximum Gasteiger partial charge on any atom is 0.216 e. The molecule has 13 heavy (non-hydrogen) atoms.